The van der Waals surface area contributed by atoms with Crippen molar-refractivity contribution < 1.29 is 9.59 Å². The number of aryl methyl sites for hydroxylation is 2. The fourth-order valence-electron chi connectivity index (χ4n) is 2.93. The number of carbonyl (C=O) groups excluding carboxylic acids is 2. The Balaban J connectivity index is 1.62. The van der Waals surface area contributed by atoms with Gasteiger partial charge in [0.15, 0.2) is 5.11 Å². The molecule has 0 radical (unpaired) electrons. The van der Waals surface area contributed by atoms with Crippen LogP contribution in [-0.2, 0) is 11.2 Å². The first-order valence-corrected chi connectivity index (χ1v) is 9.61. The minimum absolute atomic E-state index is 0.121. The largest absolute Gasteiger partial charge is 0.344 e. The van der Waals surface area contributed by atoms with Crippen LogP contribution in [0.1, 0.15) is 24.5 Å². The second kappa shape index (κ2) is 8.16. The third-order valence-electron chi connectivity index (χ3n) is 4.66. The number of hydrogen-bond donors (Lipinski definition) is 3. The number of nitrogens with zero attached hydrogens (tertiary/aromatic N) is 1. The monoisotopic (exact) mass is 416 g/mol. The van der Waals surface area contributed by atoms with Crippen molar-refractivity contribution in [1.29, 1.82) is 0 Å². The van der Waals surface area contributed by atoms with E-state index in [1.54, 1.807) is 13.0 Å². The number of hydrazine groups is 1. The zero-order chi connectivity index (χ0) is 20.3. The van der Waals surface area contributed by atoms with Crippen molar-refractivity contribution in [1.82, 2.24) is 15.8 Å². The number of halogens is 1. The van der Waals surface area contributed by atoms with Gasteiger partial charge < -0.3 is 10.6 Å². The molecule has 28 heavy (non-hydrogen) atoms. The summed E-state index contributed by atoms with van der Waals surface area (Å²) in [7, 11) is 0. The van der Waals surface area contributed by atoms with Gasteiger partial charge in [-0.3, -0.25) is 10.2 Å². The van der Waals surface area contributed by atoms with Crippen LogP contribution in [-0.4, -0.2) is 27.6 Å². The van der Waals surface area contributed by atoms with Crippen molar-refractivity contribution >= 4 is 46.6 Å². The van der Waals surface area contributed by atoms with Crippen molar-refractivity contribution in [2.45, 2.75) is 32.2 Å². The number of urea groups is 1. The van der Waals surface area contributed by atoms with Crippen LogP contribution < -0.4 is 16.1 Å². The van der Waals surface area contributed by atoms with Crippen molar-refractivity contribution in [3.63, 3.8) is 0 Å². The molecule has 1 atom stereocenters. The zero-order valence-electron chi connectivity index (χ0n) is 15.6. The smallest absolute Gasteiger partial charge is 0.331 e. The van der Waals surface area contributed by atoms with Crippen molar-refractivity contribution in [3.8, 4) is 0 Å². The number of imide groups is 1. The molecule has 0 bridgehead atoms. The molecule has 0 unspecified atom stereocenters. The summed E-state index contributed by atoms with van der Waals surface area (Å²) >= 11 is 11.3. The van der Waals surface area contributed by atoms with E-state index in [4.69, 9.17) is 23.8 Å². The maximum atomic E-state index is 12.8. The van der Waals surface area contributed by atoms with Crippen LogP contribution in [0.15, 0.2) is 48.5 Å². The number of hydrogen-bond acceptors (Lipinski definition) is 3. The Morgan fingerprint density at radius 3 is 2.61 bits per heavy atom. The lowest BCUT2D eigenvalue weighted by molar-refractivity contribution is -0.132. The first kappa shape index (κ1) is 20.1. The van der Waals surface area contributed by atoms with E-state index in [1.807, 2.05) is 49.4 Å². The number of nitrogens with one attached hydrogen (secondary N) is 3. The first-order chi connectivity index (χ1) is 13.3. The summed E-state index contributed by atoms with van der Waals surface area (Å²) < 4.78 is 0. The van der Waals surface area contributed by atoms with Gasteiger partial charge >= 0.3 is 6.03 Å². The van der Waals surface area contributed by atoms with Crippen molar-refractivity contribution in [2.75, 3.05) is 5.32 Å². The lowest BCUT2D eigenvalue weighted by atomic mass is 9.93. The van der Waals surface area contributed by atoms with Crippen LogP contribution in [0, 0.1) is 6.92 Å². The number of carbonyl (C=O) groups is 2. The number of amides is 3. The molecule has 1 saturated heterocycles. The molecule has 0 aromatic heterocycles. The van der Waals surface area contributed by atoms with E-state index in [1.165, 1.54) is 0 Å². The molecule has 3 amide bonds. The summed E-state index contributed by atoms with van der Waals surface area (Å²) in [5, 5.41) is 7.31. The van der Waals surface area contributed by atoms with Crippen LogP contribution in [0.3, 0.4) is 0 Å². The SMILES string of the molecule is Cc1ccc(NC(=S)NN2C(=O)N[C@](C)(CCc3ccccc3)C2=O)cc1Cl. The van der Waals surface area contributed by atoms with Gasteiger partial charge in [-0.15, -0.1) is 0 Å². The second-order valence-electron chi connectivity index (χ2n) is 6.92. The molecule has 1 aliphatic rings. The standard InChI is InChI=1S/C20H21ClN4O2S/c1-13-8-9-15(12-16(13)21)22-18(28)24-25-17(26)20(2,23-19(25)27)11-10-14-6-4-3-5-7-14/h3-9,12H,10-11H2,1-2H3,(H,23,27)(H2,22,24,28)/t20-/m1/s1. The first-order valence-electron chi connectivity index (χ1n) is 8.83. The second-order valence-corrected chi connectivity index (χ2v) is 7.73. The van der Waals surface area contributed by atoms with Gasteiger partial charge in [0.05, 0.1) is 0 Å². The quantitative estimate of drug-likeness (QED) is 0.510. The molecule has 1 heterocycles. The van der Waals surface area contributed by atoms with Gasteiger partial charge in [0.2, 0.25) is 0 Å². The van der Waals surface area contributed by atoms with E-state index in [2.05, 4.69) is 16.1 Å². The maximum absolute atomic E-state index is 12.8. The summed E-state index contributed by atoms with van der Waals surface area (Å²) in [4.78, 5) is 25.1. The molecule has 6 nitrogen and oxygen atoms in total. The van der Waals surface area contributed by atoms with Crippen LogP contribution in [0.25, 0.3) is 0 Å². The highest BCUT2D eigenvalue weighted by Gasteiger charge is 2.48. The van der Waals surface area contributed by atoms with Gasteiger partial charge in [-0.25, -0.2) is 4.79 Å². The lowest BCUT2D eigenvalue weighted by Crippen LogP contribution is -2.50. The maximum Gasteiger partial charge on any atom is 0.344 e. The Morgan fingerprint density at radius 1 is 1.21 bits per heavy atom. The fraction of sp³-hybridized carbons (Fsp3) is 0.250. The minimum atomic E-state index is -0.997. The summed E-state index contributed by atoms with van der Waals surface area (Å²) in [6, 6.07) is 14.7. The van der Waals surface area contributed by atoms with Crippen LogP contribution >= 0.6 is 23.8 Å². The zero-order valence-corrected chi connectivity index (χ0v) is 17.2. The number of benzene rings is 2. The lowest BCUT2D eigenvalue weighted by Gasteiger charge is -2.22. The minimum Gasteiger partial charge on any atom is -0.331 e. The fourth-order valence-corrected chi connectivity index (χ4v) is 3.32. The Bertz CT molecular complexity index is 922. The highest BCUT2D eigenvalue weighted by atomic mass is 35.5. The number of rotatable bonds is 5. The topological polar surface area (TPSA) is 73.5 Å². The summed E-state index contributed by atoms with van der Waals surface area (Å²) in [6.45, 7) is 3.61. The normalized spacial score (nSPS) is 18.8. The average Bonchev–Trinajstić information content (AvgIpc) is 2.87. The van der Waals surface area contributed by atoms with E-state index in [0.29, 0.717) is 23.6 Å². The van der Waals surface area contributed by atoms with Gasteiger partial charge in [0.25, 0.3) is 5.91 Å². The van der Waals surface area contributed by atoms with E-state index in [0.717, 1.165) is 16.1 Å². The molecule has 0 aliphatic carbocycles. The highest BCUT2D eigenvalue weighted by Crippen LogP contribution is 2.23. The average molecular weight is 417 g/mol. The Labute approximate surface area is 174 Å². The molecule has 2 aromatic rings. The molecule has 146 valence electrons. The van der Waals surface area contributed by atoms with Crippen molar-refractivity contribution in [2.24, 2.45) is 0 Å². The molecule has 3 N–H and O–H groups in total. The van der Waals surface area contributed by atoms with Crippen LogP contribution in [0.4, 0.5) is 10.5 Å². The molecule has 8 heteroatoms. The highest BCUT2D eigenvalue weighted by molar-refractivity contribution is 7.80. The van der Waals surface area contributed by atoms with Gasteiger partial charge in [0.1, 0.15) is 5.54 Å². The van der Waals surface area contributed by atoms with E-state index < -0.39 is 11.6 Å². The van der Waals surface area contributed by atoms with Gasteiger partial charge in [-0.05, 0) is 62.2 Å². The molecule has 3 rings (SSSR count). The molecule has 1 aliphatic heterocycles. The predicted molar refractivity (Wildman–Crippen MR) is 114 cm³/mol. The van der Waals surface area contributed by atoms with Gasteiger partial charge in [-0.2, -0.15) is 5.01 Å². The number of anilines is 1. The van der Waals surface area contributed by atoms with Crippen LogP contribution in [0.2, 0.25) is 5.02 Å². The Hall–Kier alpha value is -2.64. The molecule has 0 spiro atoms. The Morgan fingerprint density at radius 2 is 1.93 bits per heavy atom. The van der Waals surface area contributed by atoms with E-state index in [-0.39, 0.29) is 11.0 Å². The molecular formula is C20H21ClN4O2S. The summed E-state index contributed by atoms with van der Waals surface area (Å²) in [5.41, 5.74) is 4.37. The Kier molecular flexibility index (Phi) is 5.86. The van der Waals surface area contributed by atoms with E-state index in [9.17, 15) is 9.59 Å². The summed E-state index contributed by atoms with van der Waals surface area (Å²) in [5.74, 6) is -0.375. The molecular weight excluding hydrogens is 396 g/mol. The van der Waals surface area contributed by atoms with Crippen molar-refractivity contribution in [3.05, 3.63) is 64.7 Å². The van der Waals surface area contributed by atoms with E-state index >= 15 is 0 Å². The molecule has 1 fully saturated rings. The third kappa shape index (κ3) is 4.43. The van der Waals surface area contributed by atoms with Gasteiger partial charge in [0, 0.05) is 10.7 Å². The number of thiocarbonyl (C=S) groups is 1. The predicted octanol–water partition coefficient (Wildman–Crippen LogP) is 3.79. The van der Waals surface area contributed by atoms with Crippen LogP contribution in [0.5, 0.6) is 0 Å². The molecule has 0 saturated carbocycles. The third-order valence-corrected chi connectivity index (χ3v) is 5.26. The van der Waals surface area contributed by atoms with Gasteiger partial charge in [-0.1, -0.05) is 48.0 Å². The summed E-state index contributed by atoms with van der Waals surface area (Å²) in [6.07, 6.45) is 1.15. The molecule has 2 aromatic carbocycles.